The number of rotatable bonds is 1. The summed E-state index contributed by atoms with van der Waals surface area (Å²) < 4.78 is 1.15. The Balaban J connectivity index is 3.05. The molecule has 60 valence electrons. The number of hydrogen-bond acceptors (Lipinski definition) is 1. The second-order valence-corrected chi connectivity index (χ2v) is 3.87. The Labute approximate surface area is 76.0 Å². The fourth-order valence-electron chi connectivity index (χ4n) is 0.830. The van der Waals surface area contributed by atoms with Gasteiger partial charge in [-0.1, -0.05) is 29.8 Å². The van der Waals surface area contributed by atoms with Gasteiger partial charge in [-0.15, -0.1) is 0 Å². The molecule has 0 unspecified atom stereocenters. The smallest absolute Gasteiger partial charge is 0.0440 e. The van der Waals surface area contributed by atoms with Gasteiger partial charge in [-0.25, -0.2) is 0 Å². The van der Waals surface area contributed by atoms with Crippen molar-refractivity contribution in [2.24, 2.45) is 0 Å². The van der Waals surface area contributed by atoms with Crippen LogP contribution in [0.4, 0.5) is 0 Å². The summed E-state index contributed by atoms with van der Waals surface area (Å²) in [5, 5.41) is 0. The van der Waals surface area contributed by atoms with Crippen LogP contribution in [0, 0.1) is 6.92 Å². The number of halogens is 1. The molecule has 0 saturated heterocycles. The van der Waals surface area contributed by atoms with Gasteiger partial charge < -0.3 is 0 Å². The van der Waals surface area contributed by atoms with Gasteiger partial charge in [0.15, 0.2) is 0 Å². The average molecular weight is 214 g/mol. The van der Waals surface area contributed by atoms with Crippen molar-refractivity contribution in [3.05, 3.63) is 28.0 Å². The Hall–Kier alpha value is -0.370. The van der Waals surface area contributed by atoms with Crippen molar-refractivity contribution < 1.29 is 0 Å². The molecular formula is C9H12BrN. The van der Waals surface area contributed by atoms with E-state index < -0.39 is 0 Å². The van der Waals surface area contributed by atoms with E-state index >= 15 is 0 Å². The van der Waals surface area contributed by atoms with E-state index in [2.05, 4.69) is 40.8 Å². The van der Waals surface area contributed by atoms with Gasteiger partial charge in [0.05, 0.1) is 0 Å². The summed E-state index contributed by atoms with van der Waals surface area (Å²) >= 11 is 3.47. The van der Waals surface area contributed by atoms with Crippen LogP contribution in [-0.4, -0.2) is 4.98 Å². The fourth-order valence-corrected chi connectivity index (χ4v) is 1.17. The molecule has 11 heavy (non-hydrogen) atoms. The molecule has 0 atom stereocenters. The van der Waals surface area contributed by atoms with Crippen molar-refractivity contribution in [2.75, 3.05) is 0 Å². The van der Waals surface area contributed by atoms with Crippen LogP contribution in [0.15, 0.2) is 16.7 Å². The van der Waals surface area contributed by atoms with Crippen molar-refractivity contribution in [1.82, 2.24) is 4.98 Å². The van der Waals surface area contributed by atoms with E-state index in [-0.39, 0.29) is 0 Å². The van der Waals surface area contributed by atoms with E-state index in [1.165, 1.54) is 5.56 Å². The summed E-state index contributed by atoms with van der Waals surface area (Å²) in [5.41, 5.74) is 2.33. The molecule has 0 aliphatic carbocycles. The summed E-state index contributed by atoms with van der Waals surface area (Å²) in [7, 11) is 0. The van der Waals surface area contributed by atoms with Crippen LogP contribution >= 0.6 is 15.9 Å². The molecule has 0 spiro atoms. The van der Waals surface area contributed by atoms with E-state index in [1.54, 1.807) is 0 Å². The lowest BCUT2D eigenvalue weighted by Gasteiger charge is -2.05. The second-order valence-electron chi connectivity index (χ2n) is 3.01. The van der Waals surface area contributed by atoms with Crippen molar-refractivity contribution in [2.45, 2.75) is 26.7 Å². The van der Waals surface area contributed by atoms with Crippen molar-refractivity contribution >= 4 is 15.9 Å². The largest absolute Gasteiger partial charge is 0.261 e. The molecule has 0 bridgehead atoms. The minimum absolute atomic E-state index is 0.506. The van der Waals surface area contributed by atoms with Gasteiger partial charge in [-0.2, -0.15) is 0 Å². The molecule has 1 aromatic rings. The number of hydrogen-bond donors (Lipinski definition) is 0. The Morgan fingerprint density at radius 1 is 1.45 bits per heavy atom. The lowest BCUT2D eigenvalue weighted by atomic mass is 10.1. The van der Waals surface area contributed by atoms with Gasteiger partial charge in [-0.3, -0.25) is 4.98 Å². The molecule has 2 heteroatoms. The summed E-state index contributed by atoms with van der Waals surface area (Å²) in [4.78, 5) is 4.31. The first kappa shape index (κ1) is 8.72. The lowest BCUT2D eigenvalue weighted by Crippen LogP contribution is -1.92. The van der Waals surface area contributed by atoms with E-state index in [0.29, 0.717) is 5.92 Å². The number of nitrogens with zero attached hydrogens (tertiary/aromatic N) is 1. The average Bonchev–Trinajstić information content (AvgIpc) is 1.94. The monoisotopic (exact) mass is 213 g/mol. The van der Waals surface area contributed by atoms with Crippen LogP contribution in [0.2, 0.25) is 0 Å². The van der Waals surface area contributed by atoms with Crippen molar-refractivity contribution in [3.8, 4) is 0 Å². The second kappa shape index (κ2) is 3.35. The minimum Gasteiger partial charge on any atom is -0.261 e. The predicted octanol–water partition coefficient (Wildman–Crippen LogP) is 3.28. The molecule has 0 saturated carbocycles. The zero-order chi connectivity index (χ0) is 8.43. The van der Waals surface area contributed by atoms with E-state index in [4.69, 9.17) is 0 Å². The van der Waals surface area contributed by atoms with Gasteiger partial charge >= 0.3 is 0 Å². The van der Waals surface area contributed by atoms with Crippen molar-refractivity contribution in [3.63, 3.8) is 0 Å². The molecule has 1 nitrogen and oxygen atoms in total. The molecule has 0 aliphatic heterocycles. The molecule has 1 rings (SSSR count). The molecule has 1 heterocycles. The van der Waals surface area contributed by atoms with Gasteiger partial charge in [0.25, 0.3) is 0 Å². The zero-order valence-corrected chi connectivity index (χ0v) is 8.64. The molecule has 1 aromatic heterocycles. The molecule has 0 amide bonds. The van der Waals surface area contributed by atoms with Gasteiger partial charge in [0, 0.05) is 16.4 Å². The van der Waals surface area contributed by atoms with Crippen LogP contribution in [0.1, 0.15) is 31.0 Å². The maximum Gasteiger partial charge on any atom is 0.0440 e. The van der Waals surface area contributed by atoms with Crippen molar-refractivity contribution in [1.29, 1.82) is 0 Å². The highest BCUT2D eigenvalue weighted by molar-refractivity contribution is 9.10. The molecule has 0 N–H and O–H groups in total. The first-order valence-corrected chi connectivity index (χ1v) is 4.52. The van der Waals surface area contributed by atoms with Crippen LogP contribution in [-0.2, 0) is 0 Å². The third-order valence-corrected chi connectivity index (χ3v) is 2.50. The van der Waals surface area contributed by atoms with E-state index in [1.807, 2.05) is 13.1 Å². The lowest BCUT2D eigenvalue weighted by molar-refractivity contribution is 0.819. The molecular weight excluding hydrogens is 202 g/mol. The van der Waals surface area contributed by atoms with Gasteiger partial charge in [0.2, 0.25) is 0 Å². The van der Waals surface area contributed by atoms with E-state index in [9.17, 15) is 0 Å². The van der Waals surface area contributed by atoms with Crippen LogP contribution in [0.3, 0.4) is 0 Å². The Bertz CT molecular complexity index is 256. The summed E-state index contributed by atoms with van der Waals surface area (Å²) in [5.74, 6) is 0.506. The standard InChI is InChI=1S/C9H12BrN/c1-6(2)9-4-8(10)7(3)5-11-9/h4-6H,1-3H3. The zero-order valence-electron chi connectivity index (χ0n) is 7.06. The van der Waals surface area contributed by atoms with Gasteiger partial charge in [-0.05, 0) is 24.5 Å². The molecule has 0 aliphatic rings. The first-order chi connectivity index (χ1) is 5.11. The highest BCUT2D eigenvalue weighted by Gasteiger charge is 2.01. The molecule has 0 radical (unpaired) electrons. The Morgan fingerprint density at radius 3 is 2.55 bits per heavy atom. The number of pyridine rings is 1. The normalized spacial score (nSPS) is 10.6. The highest BCUT2D eigenvalue weighted by atomic mass is 79.9. The number of aryl methyl sites for hydroxylation is 1. The maximum absolute atomic E-state index is 4.31. The highest BCUT2D eigenvalue weighted by Crippen LogP contribution is 2.19. The third-order valence-electron chi connectivity index (χ3n) is 1.65. The predicted molar refractivity (Wildman–Crippen MR) is 50.8 cm³/mol. The summed E-state index contributed by atoms with van der Waals surface area (Å²) in [6.07, 6.45) is 1.90. The maximum atomic E-state index is 4.31. The number of aromatic nitrogens is 1. The Kier molecular flexibility index (Phi) is 2.66. The fraction of sp³-hybridized carbons (Fsp3) is 0.444. The minimum atomic E-state index is 0.506. The summed E-state index contributed by atoms with van der Waals surface area (Å²) in [6.45, 7) is 6.33. The van der Waals surface area contributed by atoms with Crippen LogP contribution < -0.4 is 0 Å². The van der Waals surface area contributed by atoms with E-state index in [0.717, 1.165) is 10.2 Å². The molecule has 0 aromatic carbocycles. The third kappa shape index (κ3) is 2.03. The topological polar surface area (TPSA) is 12.9 Å². The SMILES string of the molecule is Cc1cnc(C(C)C)cc1Br. The first-order valence-electron chi connectivity index (χ1n) is 3.73. The quantitative estimate of drug-likeness (QED) is 0.699. The van der Waals surface area contributed by atoms with Crippen LogP contribution in [0.5, 0.6) is 0 Å². The molecule has 0 fully saturated rings. The van der Waals surface area contributed by atoms with Crippen LogP contribution in [0.25, 0.3) is 0 Å². The Morgan fingerprint density at radius 2 is 2.09 bits per heavy atom. The van der Waals surface area contributed by atoms with Gasteiger partial charge in [0.1, 0.15) is 0 Å². The summed E-state index contributed by atoms with van der Waals surface area (Å²) in [6, 6.07) is 2.08.